The summed E-state index contributed by atoms with van der Waals surface area (Å²) in [4.78, 5) is 9.01. The van der Waals surface area contributed by atoms with E-state index in [1.54, 1.807) is 16.9 Å². The van der Waals surface area contributed by atoms with Crippen molar-refractivity contribution in [3.8, 4) is 0 Å². The van der Waals surface area contributed by atoms with E-state index in [0.29, 0.717) is 5.82 Å². The highest BCUT2D eigenvalue weighted by atomic mass is 15.4. The van der Waals surface area contributed by atoms with Crippen molar-refractivity contribution in [2.45, 2.75) is 32.2 Å². The quantitative estimate of drug-likeness (QED) is 0.595. The highest BCUT2D eigenvalue weighted by molar-refractivity contribution is 5.46. The molecule has 0 radical (unpaired) electrons. The molecule has 9 nitrogen and oxygen atoms in total. The van der Waals surface area contributed by atoms with Gasteiger partial charge in [0.1, 0.15) is 23.5 Å². The van der Waals surface area contributed by atoms with Crippen LogP contribution in [-0.2, 0) is 19.5 Å². The van der Waals surface area contributed by atoms with E-state index in [1.807, 2.05) is 47.8 Å². The molecule has 0 atom stereocenters. The molecular weight excluding hydrogens is 342 g/mol. The zero-order valence-corrected chi connectivity index (χ0v) is 16.1. The van der Waals surface area contributed by atoms with Crippen LogP contribution in [0.1, 0.15) is 44.3 Å². The Balaban J connectivity index is 1.78. The van der Waals surface area contributed by atoms with Gasteiger partial charge in [0.25, 0.3) is 0 Å². The van der Waals surface area contributed by atoms with Crippen molar-refractivity contribution in [1.29, 1.82) is 0 Å². The molecule has 4 aromatic heterocycles. The van der Waals surface area contributed by atoms with E-state index in [2.05, 4.69) is 46.3 Å². The van der Waals surface area contributed by atoms with E-state index in [0.717, 1.165) is 23.1 Å². The third-order valence-corrected chi connectivity index (χ3v) is 4.46. The summed E-state index contributed by atoms with van der Waals surface area (Å²) in [6, 6.07) is 3.56. The maximum atomic E-state index is 4.73. The molecule has 0 bridgehead atoms. The maximum absolute atomic E-state index is 4.73. The van der Waals surface area contributed by atoms with Crippen LogP contribution in [0.4, 0.5) is 5.82 Å². The SMILES string of the molecule is Cn1ccnc1C(Nc1ccc2nnc(C(C)(C)C)n2n1)c1nccn1C. The van der Waals surface area contributed by atoms with Crippen LogP contribution in [0, 0.1) is 0 Å². The van der Waals surface area contributed by atoms with Crippen LogP contribution < -0.4 is 5.32 Å². The molecule has 0 saturated heterocycles. The Morgan fingerprint density at radius 1 is 0.926 bits per heavy atom. The smallest absolute Gasteiger partial charge is 0.178 e. The Morgan fingerprint density at radius 2 is 1.56 bits per heavy atom. The average Bonchev–Trinajstić information content (AvgIpc) is 3.31. The number of hydrogen-bond acceptors (Lipinski definition) is 6. The summed E-state index contributed by atoms with van der Waals surface area (Å²) in [5.41, 5.74) is 0.556. The van der Waals surface area contributed by atoms with Crippen molar-refractivity contribution in [3.63, 3.8) is 0 Å². The molecule has 4 aromatic rings. The van der Waals surface area contributed by atoms with Crippen molar-refractivity contribution in [1.82, 2.24) is 38.9 Å². The molecule has 4 rings (SSSR count). The minimum absolute atomic E-state index is 0.163. The first kappa shape index (κ1) is 17.2. The van der Waals surface area contributed by atoms with Gasteiger partial charge in [0.2, 0.25) is 0 Å². The summed E-state index contributed by atoms with van der Waals surface area (Å²) in [5, 5.41) is 16.7. The third-order valence-electron chi connectivity index (χ3n) is 4.46. The summed E-state index contributed by atoms with van der Waals surface area (Å²) in [7, 11) is 3.93. The van der Waals surface area contributed by atoms with Gasteiger partial charge >= 0.3 is 0 Å². The molecule has 4 heterocycles. The van der Waals surface area contributed by atoms with Crippen molar-refractivity contribution in [2.24, 2.45) is 14.1 Å². The van der Waals surface area contributed by atoms with Crippen LogP contribution in [0.2, 0.25) is 0 Å². The van der Waals surface area contributed by atoms with Crippen LogP contribution in [0.25, 0.3) is 5.65 Å². The first-order chi connectivity index (χ1) is 12.8. The van der Waals surface area contributed by atoms with Gasteiger partial charge in [-0.2, -0.15) is 4.52 Å². The predicted octanol–water partition coefficient (Wildman–Crippen LogP) is 2.09. The van der Waals surface area contributed by atoms with Crippen molar-refractivity contribution in [2.75, 3.05) is 5.32 Å². The number of aryl methyl sites for hydroxylation is 2. The number of hydrogen-bond donors (Lipinski definition) is 1. The topological polar surface area (TPSA) is 90.8 Å². The first-order valence-corrected chi connectivity index (χ1v) is 8.78. The largest absolute Gasteiger partial charge is 0.352 e. The predicted molar refractivity (Wildman–Crippen MR) is 101 cm³/mol. The molecule has 0 amide bonds. The normalized spacial score (nSPS) is 12.2. The number of nitrogens with zero attached hydrogens (tertiary/aromatic N) is 8. The monoisotopic (exact) mass is 365 g/mol. The lowest BCUT2D eigenvalue weighted by Gasteiger charge is -2.19. The summed E-state index contributed by atoms with van der Waals surface area (Å²) in [5.74, 6) is 3.22. The Bertz CT molecular complexity index is 1040. The third kappa shape index (κ3) is 3.05. The molecule has 0 spiro atoms. The number of anilines is 1. The van der Waals surface area contributed by atoms with Gasteiger partial charge in [-0.1, -0.05) is 20.8 Å². The van der Waals surface area contributed by atoms with Crippen LogP contribution >= 0.6 is 0 Å². The minimum atomic E-state index is -0.246. The number of nitrogens with one attached hydrogen (secondary N) is 1. The standard InChI is InChI=1S/C18H23N9/c1-18(2,3)17-23-22-13-7-6-12(24-27(13)17)21-14(15-19-8-10-25(15)4)16-20-9-11-26(16)5/h6-11,14H,1-5H3,(H,21,24). The summed E-state index contributed by atoms with van der Waals surface area (Å²) in [6.07, 6.45) is 7.39. The Labute approximate surface area is 157 Å². The lowest BCUT2D eigenvalue weighted by molar-refractivity contribution is 0.526. The fourth-order valence-electron chi connectivity index (χ4n) is 3.04. The highest BCUT2D eigenvalue weighted by Crippen LogP contribution is 2.25. The fourth-order valence-corrected chi connectivity index (χ4v) is 3.04. The molecule has 0 aliphatic heterocycles. The van der Waals surface area contributed by atoms with Gasteiger partial charge in [-0.25, -0.2) is 9.97 Å². The Hall–Kier alpha value is -3.23. The zero-order chi connectivity index (χ0) is 19.2. The van der Waals surface area contributed by atoms with E-state index >= 15 is 0 Å². The van der Waals surface area contributed by atoms with Crippen LogP contribution in [0.3, 0.4) is 0 Å². The molecule has 0 aliphatic rings. The highest BCUT2D eigenvalue weighted by Gasteiger charge is 2.25. The number of fused-ring (bicyclic) bond motifs is 1. The second-order valence-electron chi connectivity index (χ2n) is 7.63. The average molecular weight is 365 g/mol. The van der Waals surface area contributed by atoms with Crippen LogP contribution in [0.5, 0.6) is 0 Å². The van der Waals surface area contributed by atoms with Gasteiger partial charge in [0.15, 0.2) is 11.5 Å². The second-order valence-corrected chi connectivity index (χ2v) is 7.63. The van der Waals surface area contributed by atoms with E-state index in [1.165, 1.54) is 0 Å². The van der Waals surface area contributed by atoms with Gasteiger partial charge in [-0.15, -0.1) is 15.3 Å². The molecule has 27 heavy (non-hydrogen) atoms. The molecule has 0 saturated carbocycles. The minimum Gasteiger partial charge on any atom is -0.352 e. The van der Waals surface area contributed by atoms with Crippen molar-refractivity contribution in [3.05, 3.63) is 54.4 Å². The molecule has 0 aliphatic carbocycles. The lowest BCUT2D eigenvalue weighted by Crippen LogP contribution is -2.22. The van der Waals surface area contributed by atoms with Gasteiger partial charge in [-0.3, -0.25) is 0 Å². The van der Waals surface area contributed by atoms with Gasteiger partial charge in [0, 0.05) is 44.3 Å². The molecule has 1 N–H and O–H groups in total. The Morgan fingerprint density at radius 3 is 2.07 bits per heavy atom. The molecule has 0 unspecified atom stereocenters. The number of aromatic nitrogens is 8. The summed E-state index contributed by atoms with van der Waals surface area (Å²) >= 11 is 0. The molecule has 9 heteroatoms. The van der Waals surface area contributed by atoms with Crippen LogP contribution in [-0.4, -0.2) is 38.9 Å². The number of rotatable bonds is 4. The van der Waals surface area contributed by atoms with Gasteiger partial charge in [0.05, 0.1) is 0 Å². The second kappa shape index (κ2) is 6.19. The van der Waals surface area contributed by atoms with E-state index in [9.17, 15) is 0 Å². The van der Waals surface area contributed by atoms with Crippen molar-refractivity contribution >= 4 is 11.5 Å². The zero-order valence-electron chi connectivity index (χ0n) is 16.1. The summed E-state index contributed by atoms with van der Waals surface area (Å²) < 4.78 is 5.74. The summed E-state index contributed by atoms with van der Waals surface area (Å²) in [6.45, 7) is 6.28. The van der Waals surface area contributed by atoms with Gasteiger partial charge in [-0.05, 0) is 12.1 Å². The Kier molecular flexibility index (Phi) is 3.94. The van der Waals surface area contributed by atoms with Gasteiger partial charge < -0.3 is 14.5 Å². The fraction of sp³-hybridized carbons (Fsp3) is 0.389. The number of imidazole rings is 2. The van der Waals surface area contributed by atoms with E-state index < -0.39 is 0 Å². The molecule has 0 aromatic carbocycles. The molecule has 140 valence electrons. The van der Waals surface area contributed by atoms with E-state index in [4.69, 9.17) is 5.10 Å². The van der Waals surface area contributed by atoms with E-state index in [-0.39, 0.29) is 11.5 Å². The molecular formula is C18H23N9. The first-order valence-electron chi connectivity index (χ1n) is 8.78. The van der Waals surface area contributed by atoms with Crippen LogP contribution in [0.15, 0.2) is 36.9 Å². The molecule has 0 fully saturated rings. The van der Waals surface area contributed by atoms with Crippen molar-refractivity contribution < 1.29 is 0 Å². The maximum Gasteiger partial charge on any atom is 0.178 e. The lowest BCUT2D eigenvalue weighted by atomic mass is 9.96.